The lowest BCUT2D eigenvalue weighted by Crippen LogP contribution is -2.09. The molecule has 0 fully saturated rings. The Bertz CT molecular complexity index is 2160. The third kappa shape index (κ3) is 3.81. The van der Waals surface area contributed by atoms with E-state index in [0.29, 0.717) is 0 Å². The first-order valence-corrected chi connectivity index (χ1v) is 13.6. The van der Waals surface area contributed by atoms with Crippen molar-refractivity contribution in [1.29, 1.82) is 0 Å². The van der Waals surface area contributed by atoms with Crippen molar-refractivity contribution < 1.29 is 4.42 Å². The van der Waals surface area contributed by atoms with Gasteiger partial charge in [-0.2, -0.15) is 0 Å². The van der Waals surface area contributed by atoms with Crippen LogP contribution in [0.1, 0.15) is 0 Å². The molecule has 7 aromatic carbocycles. The van der Waals surface area contributed by atoms with Crippen molar-refractivity contribution in [3.63, 3.8) is 0 Å². The maximum absolute atomic E-state index is 6.28. The summed E-state index contributed by atoms with van der Waals surface area (Å²) in [6.07, 6.45) is 0. The van der Waals surface area contributed by atoms with Crippen LogP contribution in [0.2, 0.25) is 0 Å². The second-order valence-corrected chi connectivity index (χ2v) is 10.3. The summed E-state index contributed by atoms with van der Waals surface area (Å²) in [5, 5.41) is 7.16. The molecule has 0 aliphatic heterocycles. The summed E-state index contributed by atoms with van der Waals surface area (Å²) >= 11 is 0. The molecule has 188 valence electrons. The number of hydrogen-bond acceptors (Lipinski definition) is 2. The second kappa shape index (κ2) is 9.14. The molecule has 1 aromatic heterocycles. The number of benzene rings is 7. The SMILES string of the molecule is c1ccc(N(c2ccc(-c3ccc4ccccc4c3)cc2)c2ccc3oc4cc5ccccc5cc4c3c2)cc1. The standard InChI is InChI=1S/C38H25NO/c1-2-12-32(13-3-1)39(33-18-16-27(17-19-33)31-15-14-26-8-4-5-9-28(26)22-31)34-20-21-37-36(25-34)35-23-29-10-6-7-11-30(29)24-38(35)40-37/h1-25H. The predicted octanol–water partition coefficient (Wildman–Crippen LogP) is 11.0. The molecule has 0 unspecified atom stereocenters. The molecular weight excluding hydrogens is 486 g/mol. The van der Waals surface area contributed by atoms with Crippen LogP contribution in [0.5, 0.6) is 0 Å². The number of fused-ring (bicyclic) bond motifs is 5. The van der Waals surface area contributed by atoms with Crippen LogP contribution in [0.4, 0.5) is 17.1 Å². The van der Waals surface area contributed by atoms with Gasteiger partial charge in [0.25, 0.3) is 0 Å². The molecule has 0 bridgehead atoms. The van der Waals surface area contributed by atoms with Crippen molar-refractivity contribution in [2.75, 3.05) is 4.90 Å². The minimum absolute atomic E-state index is 0.897. The molecule has 0 radical (unpaired) electrons. The van der Waals surface area contributed by atoms with E-state index in [1.54, 1.807) is 0 Å². The van der Waals surface area contributed by atoms with Crippen molar-refractivity contribution in [2.24, 2.45) is 0 Å². The fraction of sp³-hybridized carbons (Fsp3) is 0. The molecule has 2 heteroatoms. The molecule has 0 aliphatic rings. The summed E-state index contributed by atoms with van der Waals surface area (Å²) in [7, 11) is 0. The van der Waals surface area contributed by atoms with Gasteiger partial charge in [-0.15, -0.1) is 0 Å². The monoisotopic (exact) mass is 511 g/mol. The van der Waals surface area contributed by atoms with Crippen molar-refractivity contribution in [3.05, 3.63) is 152 Å². The van der Waals surface area contributed by atoms with Gasteiger partial charge in [-0.3, -0.25) is 0 Å². The summed E-state index contributed by atoms with van der Waals surface area (Å²) in [5.41, 5.74) is 7.53. The van der Waals surface area contributed by atoms with E-state index in [-0.39, 0.29) is 0 Å². The first kappa shape index (κ1) is 22.6. The molecule has 0 N–H and O–H groups in total. The van der Waals surface area contributed by atoms with Gasteiger partial charge in [0.2, 0.25) is 0 Å². The molecular formula is C38H25NO. The summed E-state index contributed by atoms with van der Waals surface area (Å²) in [5.74, 6) is 0. The Hall–Kier alpha value is -5.34. The Morgan fingerprint density at radius 1 is 0.350 bits per heavy atom. The van der Waals surface area contributed by atoms with E-state index in [1.165, 1.54) is 32.7 Å². The molecule has 0 saturated carbocycles. The van der Waals surface area contributed by atoms with Gasteiger partial charge in [0.05, 0.1) is 0 Å². The lowest BCUT2D eigenvalue weighted by atomic mass is 10.0. The van der Waals surface area contributed by atoms with E-state index in [2.05, 4.69) is 157 Å². The fourth-order valence-corrected chi connectivity index (χ4v) is 5.79. The minimum atomic E-state index is 0.897. The molecule has 0 atom stereocenters. The average Bonchev–Trinajstić information content (AvgIpc) is 3.37. The normalized spacial score (nSPS) is 11.5. The summed E-state index contributed by atoms with van der Waals surface area (Å²) in [4.78, 5) is 2.31. The number of para-hydroxylation sites is 1. The van der Waals surface area contributed by atoms with Crippen molar-refractivity contribution in [3.8, 4) is 11.1 Å². The molecule has 0 aliphatic carbocycles. The van der Waals surface area contributed by atoms with Gasteiger partial charge in [-0.05, 0) is 93.3 Å². The van der Waals surface area contributed by atoms with Crippen molar-refractivity contribution in [2.45, 2.75) is 0 Å². The Morgan fingerprint density at radius 2 is 0.925 bits per heavy atom. The molecule has 2 nitrogen and oxygen atoms in total. The van der Waals surface area contributed by atoms with Gasteiger partial charge in [-0.25, -0.2) is 0 Å². The minimum Gasteiger partial charge on any atom is -0.456 e. The van der Waals surface area contributed by atoms with E-state index < -0.39 is 0 Å². The Morgan fingerprint density at radius 3 is 1.70 bits per heavy atom. The average molecular weight is 512 g/mol. The molecule has 8 rings (SSSR count). The number of anilines is 3. The maximum atomic E-state index is 6.28. The van der Waals surface area contributed by atoms with Crippen molar-refractivity contribution >= 4 is 60.5 Å². The zero-order valence-corrected chi connectivity index (χ0v) is 21.8. The highest BCUT2D eigenvalue weighted by Crippen LogP contribution is 2.40. The lowest BCUT2D eigenvalue weighted by molar-refractivity contribution is 0.669. The fourth-order valence-electron chi connectivity index (χ4n) is 5.79. The van der Waals surface area contributed by atoms with Gasteiger partial charge < -0.3 is 9.32 Å². The Kier molecular flexibility index (Phi) is 5.17. The molecule has 8 aromatic rings. The van der Waals surface area contributed by atoms with Crippen LogP contribution in [-0.2, 0) is 0 Å². The molecule has 0 spiro atoms. The van der Waals surface area contributed by atoms with Gasteiger partial charge in [0.1, 0.15) is 11.2 Å². The summed E-state index contributed by atoms with van der Waals surface area (Å²) in [6, 6.07) is 53.9. The predicted molar refractivity (Wildman–Crippen MR) is 169 cm³/mol. The molecule has 0 amide bonds. The summed E-state index contributed by atoms with van der Waals surface area (Å²) < 4.78 is 6.28. The number of furan rings is 1. The van der Waals surface area contributed by atoms with Crippen LogP contribution in [0.15, 0.2) is 156 Å². The highest BCUT2D eigenvalue weighted by Gasteiger charge is 2.16. The van der Waals surface area contributed by atoms with Crippen LogP contribution >= 0.6 is 0 Å². The van der Waals surface area contributed by atoms with E-state index in [4.69, 9.17) is 4.42 Å². The highest BCUT2D eigenvalue weighted by atomic mass is 16.3. The molecule has 0 saturated heterocycles. The topological polar surface area (TPSA) is 16.4 Å². The van der Waals surface area contributed by atoms with Crippen LogP contribution < -0.4 is 4.90 Å². The maximum Gasteiger partial charge on any atom is 0.136 e. The van der Waals surface area contributed by atoms with Gasteiger partial charge >= 0.3 is 0 Å². The largest absolute Gasteiger partial charge is 0.456 e. The number of nitrogens with zero attached hydrogens (tertiary/aromatic N) is 1. The Labute approximate surface area is 232 Å². The van der Waals surface area contributed by atoms with Gasteiger partial charge in [0, 0.05) is 27.8 Å². The zero-order valence-electron chi connectivity index (χ0n) is 21.8. The van der Waals surface area contributed by atoms with E-state index >= 15 is 0 Å². The van der Waals surface area contributed by atoms with Crippen LogP contribution in [0.25, 0.3) is 54.6 Å². The molecule has 1 heterocycles. The number of rotatable bonds is 4. The van der Waals surface area contributed by atoms with Crippen LogP contribution in [0.3, 0.4) is 0 Å². The lowest BCUT2D eigenvalue weighted by Gasteiger charge is -2.25. The van der Waals surface area contributed by atoms with E-state index in [9.17, 15) is 0 Å². The number of hydrogen-bond donors (Lipinski definition) is 0. The van der Waals surface area contributed by atoms with Crippen LogP contribution in [-0.4, -0.2) is 0 Å². The first-order valence-electron chi connectivity index (χ1n) is 13.6. The van der Waals surface area contributed by atoms with Gasteiger partial charge in [-0.1, -0.05) is 91.0 Å². The smallest absolute Gasteiger partial charge is 0.136 e. The second-order valence-electron chi connectivity index (χ2n) is 10.3. The van der Waals surface area contributed by atoms with E-state index in [1.807, 2.05) is 0 Å². The van der Waals surface area contributed by atoms with Crippen LogP contribution in [0, 0.1) is 0 Å². The first-order chi connectivity index (χ1) is 19.8. The highest BCUT2D eigenvalue weighted by molar-refractivity contribution is 6.11. The van der Waals surface area contributed by atoms with Gasteiger partial charge in [0.15, 0.2) is 0 Å². The quantitative estimate of drug-likeness (QED) is 0.234. The summed E-state index contributed by atoms with van der Waals surface area (Å²) in [6.45, 7) is 0. The zero-order chi connectivity index (χ0) is 26.5. The third-order valence-corrected chi connectivity index (χ3v) is 7.80. The molecule has 40 heavy (non-hydrogen) atoms. The van der Waals surface area contributed by atoms with E-state index in [0.717, 1.165) is 39.0 Å². The third-order valence-electron chi connectivity index (χ3n) is 7.80. The Balaban J connectivity index is 1.25. The van der Waals surface area contributed by atoms with Crippen molar-refractivity contribution in [1.82, 2.24) is 0 Å².